The second kappa shape index (κ2) is 10.4. The molecule has 6 nitrogen and oxygen atoms in total. The van der Waals surface area contributed by atoms with Crippen molar-refractivity contribution < 1.29 is 27.8 Å². The van der Waals surface area contributed by atoms with Crippen molar-refractivity contribution in [3.63, 3.8) is 0 Å². The maximum atomic E-state index is 13.7. The lowest BCUT2D eigenvalue weighted by Crippen LogP contribution is -2.47. The lowest BCUT2D eigenvalue weighted by Gasteiger charge is -2.32. The van der Waals surface area contributed by atoms with Crippen molar-refractivity contribution in [3.8, 4) is 5.75 Å². The van der Waals surface area contributed by atoms with Crippen LogP contribution in [0.1, 0.15) is 12.5 Å². The van der Waals surface area contributed by atoms with Crippen LogP contribution >= 0.6 is 11.6 Å². The first kappa shape index (κ1) is 22.7. The van der Waals surface area contributed by atoms with Crippen LogP contribution in [0.15, 0.2) is 42.5 Å². The molecule has 1 heterocycles. The molecule has 0 bridgehead atoms. The molecule has 0 saturated carbocycles. The molecule has 2 amide bonds. The normalized spacial score (nSPS) is 16.4. The van der Waals surface area contributed by atoms with Crippen molar-refractivity contribution in [3.05, 3.63) is 64.7 Å². The molecule has 164 valence electrons. The summed E-state index contributed by atoms with van der Waals surface area (Å²) in [6.07, 6.45) is 2.50. The van der Waals surface area contributed by atoms with Crippen LogP contribution < -0.4 is 10.1 Å². The minimum Gasteiger partial charge on any atom is -0.488 e. The van der Waals surface area contributed by atoms with Gasteiger partial charge in [-0.1, -0.05) is 17.7 Å². The van der Waals surface area contributed by atoms with Gasteiger partial charge in [-0.3, -0.25) is 9.59 Å². The summed E-state index contributed by atoms with van der Waals surface area (Å²) in [7, 11) is 0. The van der Waals surface area contributed by atoms with Crippen LogP contribution in [0.2, 0.25) is 5.02 Å². The molecule has 31 heavy (non-hydrogen) atoms. The molecule has 1 saturated heterocycles. The van der Waals surface area contributed by atoms with E-state index >= 15 is 0 Å². The summed E-state index contributed by atoms with van der Waals surface area (Å²) in [6.45, 7) is 2.26. The number of rotatable bonds is 6. The number of nitrogens with zero attached hydrogens (tertiary/aromatic N) is 1. The second-order valence-electron chi connectivity index (χ2n) is 6.91. The smallest absolute Gasteiger partial charge is 0.246 e. The average Bonchev–Trinajstić information content (AvgIpc) is 2.73. The van der Waals surface area contributed by atoms with Gasteiger partial charge >= 0.3 is 0 Å². The molecule has 1 N–H and O–H groups in total. The monoisotopic (exact) mass is 450 g/mol. The zero-order valence-electron chi connectivity index (χ0n) is 16.7. The van der Waals surface area contributed by atoms with Gasteiger partial charge in [-0.15, -0.1) is 0 Å². The van der Waals surface area contributed by atoms with Crippen LogP contribution in [0, 0.1) is 11.6 Å². The Bertz CT molecular complexity index is 999. The van der Waals surface area contributed by atoms with Gasteiger partial charge in [0.05, 0.1) is 13.2 Å². The number of halogens is 3. The van der Waals surface area contributed by atoms with Crippen molar-refractivity contribution in [2.24, 2.45) is 0 Å². The standard InChI is InChI=1S/C22H21ClF2N2O4/c1-14(28)26-20-10-16(23)4-2-15(20)3-7-22(29)27-8-9-30-18(12-27)13-31-21-11-17(24)5-6-19(21)25/h2-7,10-11,18H,8-9,12-13H2,1H3,(H,26,28)/b7-3+. The van der Waals surface area contributed by atoms with Crippen LogP contribution in [-0.4, -0.2) is 49.1 Å². The minimum atomic E-state index is -0.675. The highest BCUT2D eigenvalue weighted by atomic mass is 35.5. The summed E-state index contributed by atoms with van der Waals surface area (Å²) in [4.78, 5) is 25.6. The number of hydrogen-bond acceptors (Lipinski definition) is 4. The van der Waals surface area contributed by atoms with Crippen molar-refractivity contribution in [1.29, 1.82) is 0 Å². The Morgan fingerprint density at radius 2 is 2.10 bits per heavy atom. The number of amides is 2. The Balaban J connectivity index is 1.61. The zero-order valence-corrected chi connectivity index (χ0v) is 17.5. The average molecular weight is 451 g/mol. The first-order chi connectivity index (χ1) is 14.8. The van der Waals surface area contributed by atoms with Crippen molar-refractivity contribution in [2.75, 3.05) is 31.6 Å². The number of anilines is 1. The van der Waals surface area contributed by atoms with E-state index in [9.17, 15) is 18.4 Å². The molecule has 1 atom stereocenters. The molecule has 9 heteroatoms. The Kier molecular flexibility index (Phi) is 7.59. The Morgan fingerprint density at radius 3 is 2.87 bits per heavy atom. The predicted octanol–water partition coefficient (Wildman–Crippen LogP) is 3.90. The van der Waals surface area contributed by atoms with E-state index in [-0.39, 0.29) is 37.3 Å². The van der Waals surface area contributed by atoms with E-state index in [2.05, 4.69) is 5.32 Å². The summed E-state index contributed by atoms with van der Waals surface area (Å²) in [6, 6.07) is 7.90. The third-order valence-electron chi connectivity index (χ3n) is 4.50. The van der Waals surface area contributed by atoms with Gasteiger partial charge in [-0.25, -0.2) is 8.78 Å². The molecule has 1 aliphatic heterocycles. The molecule has 2 aromatic carbocycles. The lowest BCUT2D eigenvalue weighted by molar-refractivity contribution is -0.134. The molecule has 3 rings (SSSR count). The van der Waals surface area contributed by atoms with Gasteiger partial charge in [0.2, 0.25) is 11.8 Å². The predicted molar refractivity (Wildman–Crippen MR) is 113 cm³/mol. The SMILES string of the molecule is CC(=O)Nc1cc(Cl)ccc1/C=C/C(=O)N1CCOC(COc2cc(F)ccc2F)C1. The van der Waals surface area contributed by atoms with E-state index in [1.165, 1.54) is 13.0 Å². The van der Waals surface area contributed by atoms with Gasteiger partial charge in [0.1, 0.15) is 18.5 Å². The number of ether oxygens (including phenoxy) is 2. The zero-order chi connectivity index (χ0) is 22.4. The molecule has 1 unspecified atom stereocenters. The first-order valence-corrected chi connectivity index (χ1v) is 9.93. The van der Waals surface area contributed by atoms with Crippen LogP contribution in [0.3, 0.4) is 0 Å². The van der Waals surface area contributed by atoms with Crippen LogP contribution in [0.4, 0.5) is 14.5 Å². The largest absolute Gasteiger partial charge is 0.488 e. The number of benzene rings is 2. The highest BCUT2D eigenvalue weighted by molar-refractivity contribution is 6.31. The quantitative estimate of drug-likeness (QED) is 0.678. The van der Waals surface area contributed by atoms with Gasteiger partial charge in [-0.05, 0) is 35.9 Å². The number of nitrogens with one attached hydrogen (secondary N) is 1. The Hall–Kier alpha value is -2.97. The molecule has 0 aromatic heterocycles. The van der Waals surface area contributed by atoms with Crippen molar-refractivity contribution in [2.45, 2.75) is 13.0 Å². The summed E-state index contributed by atoms with van der Waals surface area (Å²) in [5, 5.41) is 3.13. The number of hydrogen-bond donors (Lipinski definition) is 1. The van der Waals surface area contributed by atoms with E-state index in [1.807, 2.05) is 0 Å². The number of carbonyl (C=O) groups is 2. The van der Waals surface area contributed by atoms with Gasteiger partial charge in [0, 0.05) is 36.3 Å². The van der Waals surface area contributed by atoms with Crippen molar-refractivity contribution in [1.82, 2.24) is 4.90 Å². The Morgan fingerprint density at radius 1 is 1.29 bits per heavy atom. The lowest BCUT2D eigenvalue weighted by atomic mass is 10.1. The first-order valence-electron chi connectivity index (χ1n) is 9.55. The van der Waals surface area contributed by atoms with E-state index in [4.69, 9.17) is 21.1 Å². The summed E-state index contributed by atoms with van der Waals surface area (Å²) in [5.41, 5.74) is 1.12. The maximum absolute atomic E-state index is 13.7. The maximum Gasteiger partial charge on any atom is 0.246 e. The fourth-order valence-electron chi connectivity index (χ4n) is 3.03. The van der Waals surface area contributed by atoms with Gasteiger partial charge in [0.25, 0.3) is 0 Å². The van der Waals surface area contributed by atoms with E-state index in [0.29, 0.717) is 22.8 Å². The third kappa shape index (κ3) is 6.50. The van der Waals surface area contributed by atoms with Crippen molar-refractivity contribution >= 4 is 35.2 Å². The fraction of sp³-hybridized carbons (Fsp3) is 0.273. The number of carbonyl (C=O) groups excluding carboxylic acids is 2. The Labute approximate surface area is 183 Å². The van der Waals surface area contributed by atoms with E-state index in [0.717, 1.165) is 18.2 Å². The molecule has 1 fully saturated rings. The summed E-state index contributed by atoms with van der Waals surface area (Å²) < 4.78 is 37.8. The van der Waals surface area contributed by atoms with Gasteiger partial charge < -0.3 is 19.7 Å². The van der Waals surface area contributed by atoms with Gasteiger partial charge in [-0.2, -0.15) is 0 Å². The molecule has 2 aromatic rings. The molecule has 0 spiro atoms. The third-order valence-corrected chi connectivity index (χ3v) is 4.74. The van der Waals surface area contributed by atoms with Gasteiger partial charge in [0.15, 0.2) is 11.6 Å². The summed E-state index contributed by atoms with van der Waals surface area (Å²) in [5.74, 6) is -2.00. The molecule has 0 radical (unpaired) electrons. The van der Waals surface area contributed by atoms with E-state index in [1.54, 1.807) is 29.2 Å². The van der Waals surface area contributed by atoms with E-state index < -0.39 is 17.7 Å². The molecule has 0 aliphatic carbocycles. The second-order valence-corrected chi connectivity index (χ2v) is 7.35. The van der Waals surface area contributed by atoms with Crippen LogP contribution in [0.25, 0.3) is 6.08 Å². The highest BCUT2D eigenvalue weighted by Gasteiger charge is 2.24. The topological polar surface area (TPSA) is 67.9 Å². The van der Waals surface area contributed by atoms with Crippen LogP contribution in [-0.2, 0) is 14.3 Å². The molecular weight excluding hydrogens is 430 g/mol. The fourth-order valence-corrected chi connectivity index (χ4v) is 3.20. The highest BCUT2D eigenvalue weighted by Crippen LogP contribution is 2.23. The summed E-state index contributed by atoms with van der Waals surface area (Å²) >= 11 is 5.97. The molecular formula is C22H21ClF2N2O4. The number of morpholine rings is 1. The minimum absolute atomic E-state index is 0.0300. The molecule has 1 aliphatic rings. The van der Waals surface area contributed by atoms with Crippen LogP contribution in [0.5, 0.6) is 5.75 Å².